The molecule has 1 atom stereocenters. The molecule has 0 aromatic carbocycles. The Labute approximate surface area is 134 Å². The van der Waals surface area contributed by atoms with E-state index in [9.17, 15) is 8.78 Å². The van der Waals surface area contributed by atoms with Crippen molar-refractivity contribution in [3.63, 3.8) is 0 Å². The van der Waals surface area contributed by atoms with Gasteiger partial charge < -0.3 is 15.2 Å². The van der Waals surface area contributed by atoms with E-state index in [4.69, 9.17) is 5.11 Å². The molecule has 0 saturated heterocycles. The molecule has 0 aliphatic carbocycles. The Balaban J connectivity index is 1.82. The summed E-state index contributed by atoms with van der Waals surface area (Å²) in [6.45, 7) is -0.989. The molecule has 0 radical (unpaired) electrons. The second kappa shape index (κ2) is 6.74. The fourth-order valence-electron chi connectivity index (χ4n) is 2.17. The van der Waals surface area contributed by atoms with E-state index in [0.29, 0.717) is 23.4 Å². The maximum atomic E-state index is 12.1. The molecular weight excluding hydrogens is 324 g/mol. The van der Waals surface area contributed by atoms with Crippen LogP contribution in [0.2, 0.25) is 0 Å². The van der Waals surface area contributed by atoms with E-state index in [0.717, 1.165) is 0 Å². The van der Waals surface area contributed by atoms with Gasteiger partial charge in [0.25, 0.3) is 0 Å². The number of nitrogens with one attached hydrogen (secondary N) is 2. The van der Waals surface area contributed by atoms with E-state index in [2.05, 4.69) is 35.3 Å². The van der Waals surface area contributed by atoms with Crippen molar-refractivity contribution < 1.29 is 18.6 Å². The predicted molar refractivity (Wildman–Crippen MR) is 80.2 cm³/mol. The molecule has 0 aliphatic heterocycles. The van der Waals surface area contributed by atoms with Gasteiger partial charge in [-0.15, -0.1) is 0 Å². The largest absolute Gasteiger partial charge is 0.417 e. The standard InChI is InChI=1S/C13H15F2N7O2/c1-7(2-3-23)22-12-8(5-17-22)16-6-10(19-12)18-9-4-11(21-20-9)24-13(14)15/h4-7,13,23H,2-3H2,1H3,(H2,18,19,20,21)/t7-/m0/s1. The van der Waals surface area contributed by atoms with Crippen LogP contribution >= 0.6 is 0 Å². The second-order valence-corrected chi connectivity index (χ2v) is 5.04. The summed E-state index contributed by atoms with van der Waals surface area (Å²) in [4.78, 5) is 8.64. The number of rotatable bonds is 7. The lowest BCUT2D eigenvalue weighted by molar-refractivity contribution is -0.0528. The number of anilines is 2. The number of H-pyrrole nitrogens is 1. The Morgan fingerprint density at radius 2 is 2.21 bits per heavy atom. The minimum atomic E-state index is -2.93. The summed E-state index contributed by atoms with van der Waals surface area (Å²) >= 11 is 0. The summed E-state index contributed by atoms with van der Waals surface area (Å²) in [6, 6.07) is 1.23. The van der Waals surface area contributed by atoms with Gasteiger partial charge in [-0.1, -0.05) is 0 Å². The molecule has 3 aromatic rings. The van der Waals surface area contributed by atoms with Crippen molar-refractivity contribution >= 4 is 22.8 Å². The Morgan fingerprint density at radius 1 is 1.38 bits per heavy atom. The van der Waals surface area contributed by atoms with Gasteiger partial charge in [-0.05, 0) is 13.3 Å². The van der Waals surface area contributed by atoms with Gasteiger partial charge in [0.05, 0.1) is 18.4 Å². The number of alkyl halides is 2. The molecule has 0 saturated carbocycles. The van der Waals surface area contributed by atoms with Crippen molar-refractivity contribution in [2.75, 3.05) is 11.9 Å². The Hall–Kier alpha value is -2.82. The monoisotopic (exact) mass is 339 g/mol. The van der Waals surface area contributed by atoms with Gasteiger partial charge in [-0.25, -0.2) is 19.7 Å². The van der Waals surface area contributed by atoms with Crippen LogP contribution in [0.25, 0.3) is 11.2 Å². The lowest BCUT2D eigenvalue weighted by Gasteiger charge is -2.11. The number of halogens is 2. The molecule has 128 valence electrons. The van der Waals surface area contributed by atoms with E-state index in [1.807, 2.05) is 6.92 Å². The summed E-state index contributed by atoms with van der Waals surface area (Å²) in [5, 5.41) is 22.3. The fourth-order valence-corrected chi connectivity index (χ4v) is 2.17. The zero-order chi connectivity index (χ0) is 17.1. The van der Waals surface area contributed by atoms with E-state index < -0.39 is 6.61 Å². The quantitative estimate of drug-likeness (QED) is 0.602. The first-order chi connectivity index (χ1) is 11.6. The molecule has 3 heterocycles. The number of fused-ring (bicyclic) bond motifs is 1. The Morgan fingerprint density at radius 3 is 2.96 bits per heavy atom. The van der Waals surface area contributed by atoms with Crippen molar-refractivity contribution in [3.8, 4) is 5.88 Å². The van der Waals surface area contributed by atoms with E-state index in [-0.39, 0.29) is 24.3 Å². The summed E-state index contributed by atoms with van der Waals surface area (Å²) in [5.74, 6) is 0.465. The third kappa shape index (κ3) is 3.40. The number of hydrogen-bond acceptors (Lipinski definition) is 7. The molecule has 3 N–H and O–H groups in total. The molecule has 0 bridgehead atoms. The molecule has 0 amide bonds. The Kier molecular flexibility index (Phi) is 4.51. The zero-order valence-corrected chi connectivity index (χ0v) is 12.6. The van der Waals surface area contributed by atoms with Crippen LogP contribution in [0, 0.1) is 0 Å². The Bertz CT molecular complexity index is 820. The van der Waals surface area contributed by atoms with Crippen molar-refractivity contribution in [3.05, 3.63) is 18.5 Å². The molecule has 24 heavy (non-hydrogen) atoms. The summed E-state index contributed by atoms with van der Waals surface area (Å²) in [6.07, 6.45) is 3.60. The van der Waals surface area contributed by atoms with Crippen molar-refractivity contribution in [1.82, 2.24) is 29.9 Å². The highest BCUT2D eigenvalue weighted by Gasteiger charge is 2.13. The smallest absolute Gasteiger partial charge is 0.388 e. The minimum Gasteiger partial charge on any atom is -0.417 e. The number of hydrogen-bond donors (Lipinski definition) is 3. The number of aliphatic hydroxyl groups is 1. The molecular formula is C13H15F2N7O2. The maximum absolute atomic E-state index is 12.1. The first-order valence-corrected chi connectivity index (χ1v) is 7.15. The van der Waals surface area contributed by atoms with Gasteiger partial charge in [0.15, 0.2) is 17.3 Å². The SMILES string of the molecule is C[C@@H](CCO)n1ncc2ncc(Nc3cc(OC(F)F)[nH]n3)nc21. The van der Waals surface area contributed by atoms with Crippen LogP contribution in [-0.2, 0) is 0 Å². The maximum Gasteiger partial charge on any atom is 0.388 e. The van der Waals surface area contributed by atoms with Crippen molar-refractivity contribution in [2.24, 2.45) is 0 Å². The van der Waals surface area contributed by atoms with Crippen LogP contribution in [0.5, 0.6) is 5.88 Å². The van der Waals surface area contributed by atoms with Crippen LogP contribution in [0.4, 0.5) is 20.4 Å². The number of aromatic nitrogens is 6. The van der Waals surface area contributed by atoms with E-state index >= 15 is 0 Å². The highest BCUT2D eigenvalue weighted by atomic mass is 19.3. The molecule has 0 unspecified atom stereocenters. The van der Waals surface area contributed by atoms with Gasteiger partial charge in [0.1, 0.15) is 5.52 Å². The van der Waals surface area contributed by atoms with Gasteiger partial charge >= 0.3 is 6.61 Å². The minimum absolute atomic E-state index is 0.0358. The first kappa shape index (κ1) is 16.1. The third-order valence-electron chi connectivity index (χ3n) is 3.29. The zero-order valence-electron chi connectivity index (χ0n) is 12.6. The molecule has 9 nitrogen and oxygen atoms in total. The number of ether oxygens (including phenoxy) is 1. The normalized spacial score (nSPS) is 12.7. The predicted octanol–water partition coefficient (Wildman–Crippen LogP) is 1.84. The van der Waals surface area contributed by atoms with Crippen LogP contribution in [-0.4, -0.2) is 48.3 Å². The summed E-state index contributed by atoms with van der Waals surface area (Å²) < 4.78 is 30.1. The molecule has 0 fully saturated rings. The average molecular weight is 339 g/mol. The molecule has 11 heteroatoms. The van der Waals surface area contributed by atoms with E-state index in [1.54, 1.807) is 10.9 Å². The van der Waals surface area contributed by atoms with Crippen LogP contribution in [0.15, 0.2) is 18.5 Å². The van der Waals surface area contributed by atoms with Gasteiger partial charge in [0.2, 0.25) is 5.88 Å². The third-order valence-corrected chi connectivity index (χ3v) is 3.29. The van der Waals surface area contributed by atoms with Crippen LogP contribution < -0.4 is 10.1 Å². The molecule has 0 aliphatic rings. The molecule has 0 spiro atoms. The summed E-state index contributed by atoms with van der Waals surface area (Å²) in [7, 11) is 0. The number of nitrogens with zero attached hydrogens (tertiary/aromatic N) is 5. The summed E-state index contributed by atoms with van der Waals surface area (Å²) in [5.41, 5.74) is 1.15. The fraction of sp³-hybridized carbons (Fsp3) is 0.385. The number of aromatic amines is 1. The molecule has 3 aromatic heterocycles. The van der Waals surface area contributed by atoms with Gasteiger partial charge in [-0.2, -0.15) is 19.0 Å². The average Bonchev–Trinajstić information content (AvgIpc) is 3.13. The lowest BCUT2D eigenvalue weighted by atomic mass is 10.2. The van der Waals surface area contributed by atoms with Crippen LogP contribution in [0.3, 0.4) is 0 Å². The highest BCUT2D eigenvalue weighted by Crippen LogP contribution is 2.21. The lowest BCUT2D eigenvalue weighted by Crippen LogP contribution is -2.09. The highest BCUT2D eigenvalue weighted by molar-refractivity contribution is 5.72. The molecule has 3 rings (SSSR count). The first-order valence-electron chi connectivity index (χ1n) is 7.15. The number of aliphatic hydroxyl groups excluding tert-OH is 1. The van der Waals surface area contributed by atoms with Crippen molar-refractivity contribution in [2.45, 2.75) is 26.0 Å². The van der Waals surface area contributed by atoms with Crippen LogP contribution in [0.1, 0.15) is 19.4 Å². The van der Waals surface area contributed by atoms with E-state index in [1.165, 1.54) is 12.3 Å². The topological polar surface area (TPSA) is 114 Å². The van der Waals surface area contributed by atoms with Crippen molar-refractivity contribution in [1.29, 1.82) is 0 Å². The van der Waals surface area contributed by atoms with Gasteiger partial charge in [0, 0.05) is 12.7 Å². The van der Waals surface area contributed by atoms with Gasteiger partial charge in [-0.3, -0.25) is 0 Å². The second-order valence-electron chi connectivity index (χ2n) is 5.04.